The van der Waals surface area contributed by atoms with Crippen LogP contribution in [0.1, 0.15) is 13.3 Å². The first-order valence-electron chi connectivity index (χ1n) is 3.93. The molecule has 1 N–H and O–H groups in total. The third kappa shape index (κ3) is 4.67. The Balaban J connectivity index is 3.90. The molecule has 0 rings (SSSR count). The van der Waals surface area contributed by atoms with E-state index in [0.717, 1.165) is 0 Å². The molecule has 1 unspecified atom stereocenters. The predicted octanol–water partition coefficient (Wildman–Crippen LogP) is 0.518. The second kappa shape index (κ2) is 6.21. The maximum atomic E-state index is 11.2. The van der Waals surface area contributed by atoms with Crippen LogP contribution in [0.3, 0.4) is 0 Å². The van der Waals surface area contributed by atoms with Crippen molar-refractivity contribution in [2.45, 2.75) is 18.6 Å². The van der Waals surface area contributed by atoms with E-state index in [-0.39, 0.29) is 13.1 Å². The van der Waals surface area contributed by atoms with E-state index in [9.17, 15) is 8.42 Å². The Bertz CT molecular complexity index is 351. The topological polar surface area (TPSA) is 119 Å². The van der Waals surface area contributed by atoms with Gasteiger partial charge in [0.05, 0.1) is 6.07 Å². The molecule has 0 saturated heterocycles. The summed E-state index contributed by atoms with van der Waals surface area (Å²) in [5, 5.41) is 10.5. The first kappa shape index (κ1) is 12.7. The van der Waals surface area contributed by atoms with Crippen molar-refractivity contribution in [3.63, 3.8) is 0 Å². The van der Waals surface area contributed by atoms with Crippen molar-refractivity contribution in [3.05, 3.63) is 10.4 Å². The fourth-order valence-corrected chi connectivity index (χ4v) is 1.42. The molecule has 1 atom stereocenters. The van der Waals surface area contributed by atoms with E-state index < -0.39 is 15.3 Å². The van der Waals surface area contributed by atoms with Crippen molar-refractivity contribution in [2.24, 2.45) is 5.11 Å². The Morgan fingerprint density at radius 3 is 2.86 bits per heavy atom. The number of hydrogen-bond acceptors (Lipinski definition) is 4. The van der Waals surface area contributed by atoms with Crippen molar-refractivity contribution >= 4 is 10.0 Å². The summed E-state index contributed by atoms with van der Waals surface area (Å²) in [6.07, 6.45) is 0.418. The fraction of sp³-hybridized carbons (Fsp3) is 0.833. The quantitative estimate of drug-likeness (QED) is 0.302. The van der Waals surface area contributed by atoms with Crippen LogP contribution in [0.2, 0.25) is 0 Å². The molecule has 0 spiro atoms. The van der Waals surface area contributed by atoms with Gasteiger partial charge in [-0.3, -0.25) is 0 Å². The SMILES string of the molecule is CC(C#N)S(=O)(=O)NCCCN=[N+]=[N-]. The second-order valence-corrected chi connectivity index (χ2v) is 4.60. The molecule has 0 aromatic carbocycles. The van der Waals surface area contributed by atoms with Gasteiger partial charge in [0.1, 0.15) is 0 Å². The van der Waals surface area contributed by atoms with Crippen LogP contribution < -0.4 is 4.72 Å². The van der Waals surface area contributed by atoms with E-state index in [1.54, 1.807) is 6.07 Å². The standard InChI is InChI=1S/C6H11N5O2S/c1-6(5-7)14(12,13)10-4-2-3-9-11-8/h6,10H,2-4H2,1H3. The largest absolute Gasteiger partial charge is 0.227 e. The summed E-state index contributed by atoms with van der Waals surface area (Å²) >= 11 is 0. The van der Waals surface area contributed by atoms with Crippen LogP contribution >= 0.6 is 0 Å². The van der Waals surface area contributed by atoms with E-state index >= 15 is 0 Å². The van der Waals surface area contributed by atoms with E-state index in [2.05, 4.69) is 14.7 Å². The molecule has 0 bridgehead atoms. The highest BCUT2D eigenvalue weighted by atomic mass is 32.2. The minimum Gasteiger partial charge on any atom is -0.214 e. The summed E-state index contributed by atoms with van der Waals surface area (Å²) in [6.45, 7) is 1.71. The number of azide groups is 1. The van der Waals surface area contributed by atoms with Gasteiger partial charge in [-0.15, -0.1) is 0 Å². The van der Waals surface area contributed by atoms with E-state index in [1.165, 1.54) is 6.92 Å². The third-order valence-corrected chi connectivity index (χ3v) is 3.09. The lowest BCUT2D eigenvalue weighted by molar-refractivity contribution is 0.575. The highest BCUT2D eigenvalue weighted by Crippen LogP contribution is 1.95. The molecular formula is C6H11N5O2S. The summed E-state index contributed by atoms with van der Waals surface area (Å²) < 4.78 is 24.5. The average molecular weight is 217 g/mol. The van der Waals surface area contributed by atoms with Gasteiger partial charge in [0, 0.05) is 18.0 Å². The van der Waals surface area contributed by atoms with Crippen molar-refractivity contribution in [2.75, 3.05) is 13.1 Å². The summed E-state index contributed by atoms with van der Waals surface area (Å²) in [5.74, 6) is 0. The van der Waals surface area contributed by atoms with Crippen LogP contribution in [0.25, 0.3) is 10.4 Å². The van der Waals surface area contributed by atoms with Gasteiger partial charge in [0.2, 0.25) is 10.0 Å². The number of nitriles is 1. The number of rotatable bonds is 6. The van der Waals surface area contributed by atoms with Gasteiger partial charge >= 0.3 is 0 Å². The first-order valence-corrected chi connectivity index (χ1v) is 5.48. The maximum Gasteiger partial charge on any atom is 0.227 e. The number of hydrogen-bond donors (Lipinski definition) is 1. The minimum atomic E-state index is -3.54. The fourth-order valence-electron chi connectivity index (χ4n) is 0.603. The molecule has 0 fully saturated rings. The Hall–Kier alpha value is -1.29. The van der Waals surface area contributed by atoms with Crippen LogP contribution in [-0.2, 0) is 10.0 Å². The molecule has 0 aromatic rings. The molecule has 0 aromatic heterocycles. The van der Waals surface area contributed by atoms with E-state index in [1.807, 2.05) is 0 Å². The van der Waals surface area contributed by atoms with Gasteiger partial charge in [0.15, 0.2) is 5.25 Å². The van der Waals surface area contributed by atoms with Gasteiger partial charge < -0.3 is 0 Å². The van der Waals surface area contributed by atoms with Crippen LogP contribution in [-0.4, -0.2) is 26.8 Å². The molecule has 0 aliphatic heterocycles. The zero-order valence-electron chi connectivity index (χ0n) is 7.71. The highest BCUT2D eigenvalue weighted by Gasteiger charge is 2.18. The Kier molecular flexibility index (Phi) is 5.64. The number of sulfonamides is 1. The van der Waals surface area contributed by atoms with Crippen LogP contribution in [0.15, 0.2) is 5.11 Å². The smallest absolute Gasteiger partial charge is 0.214 e. The molecule has 78 valence electrons. The summed E-state index contributed by atoms with van der Waals surface area (Å²) in [5.41, 5.74) is 7.93. The monoisotopic (exact) mass is 217 g/mol. The van der Waals surface area contributed by atoms with Crippen molar-refractivity contribution < 1.29 is 8.42 Å². The van der Waals surface area contributed by atoms with Crippen LogP contribution in [0, 0.1) is 11.3 Å². The van der Waals surface area contributed by atoms with Crippen molar-refractivity contribution in [1.29, 1.82) is 5.26 Å². The Morgan fingerprint density at radius 1 is 1.71 bits per heavy atom. The normalized spacial score (nSPS) is 12.6. The summed E-state index contributed by atoms with van der Waals surface area (Å²) in [6, 6.07) is 1.62. The lowest BCUT2D eigenvalue weighted by Crippen LogP contribution is -2.32. The number of nitrogens with zero attached hydrogens (tertiary/aromatic N) is 4. The van der Waals surface area contributed by atoms with Gasteiger partial charge in [-0.25, -0.2) is 13.1 Å². The average Bonchev–Trinajstić information content (AvgIpc) is 2.16. The molecule has 0 radical (unpaired) electrons. The zero-order valence-corrected chi connectivity index (χ0v) is 8.53. The molecule has 14 heavy (non-hydrogen) atoms. The molecule has 0 aliphatic carbocycles. The van der Waals surface area contributed by atoms with Gasteiger partial charge in [-0.05, 0) is 18.9 Å². The third-order valence-electron chi connectivity index (χ3n) is 1.45. The summed E-state index contributed by atoms with van der Waals surface area (Å²) in [4.78, 5) is 2.52. The van der Waals surface area contributed by atoms with E-state index in [0.29, 0.717) is 6.42 Å². The van der Waals surface area contributed by atoms with Crippen molar-refractivity contribution in [3.8, 4) is 6.07 Å². The van der Waals surface area contributed by atoms with Crippen LogP contribution in [0.5, 0.6) is 0 Å². The lowest BCUT2D eigenvalue weighted by atomic mass is 10.4. The molecule has 0 amide bonds. The van der Waals surface area contributed by atoms with Gasteiger partial charge in [0.25, 0.3) is 0 Å². The predicted molar refractivity (Wildman–Crippen MR) is 50.6 cm³/mol. The van der Waals surface area contributed by atoms with Gasteiger partial charge in [-0.2, -0.15) is 5.26 Å². The lowest BCUT2D eigenvalue weighted by Gasteiger charge is -2.06. The Labute approximate surface area is 82.4 Å². The molecule has 7 nitrogen and oxygen atoms in total. The summed E-state index contributed by atoms with van der Waals surface area (Å²) in [7, 11) is -3.54. The van der Waals surface area contributed by atoms with Crippen molar-refractivity contribution in [1.82, 2.24) is 4.72 Å². The number of nitrogens with one attached hydrogen (secondary N) is 1. The molecule has 0 heterocycles. The maximum absolute atomic E-state index is 11.2. The van der Waals surface area contributed by atoms with E-state index in [4.69, 9.17) is 10.8 Å². The second-order valence-electron chi connectivity index (χ2n) is 2.52. The zero-order chi connectivity index (χ0) is 11.0. The highest BCUT2D eigenvalue weighted by molar-refractivity contribution is 7.90. The molecule has 0 saturated carbocycles. The molecule has 8 heteroatoms. The first-order chi connectivity index (χ1) is 6.54. The van der Waals surface area contributed by atoms with Gasteiger partial charge in [-0.1, -0.05) is 5.11 Å². The molecule has 0 aliphatic rings. The molecular weight excluding hydrogens is 206 g/mol. The minimum absolute atomic E-state index is 0.174. The van der Waals surface area contributed by atoms with Crippen LogP contribution in [0.4, 0.5) is 0 Å². The Morgan fingerprint density at radius 2 is 2.36 bits per heavy atom.